The summed E-state index contributed by atoms with van der Waals surface area (Å²) < 4.78 is 4.87. The van der Waals surface area contributed by atoms with E-state index in [9.17, 15) is 4.79 Å². The molecule has 0 aromatic rings. The molecular weight excluding hydrogens is 168 g/mol. The van der Waals surface area contributed by atoms with E-state index in [1.807, 2.05) is 4.90 Å². The third-order valence-electron chi connectivity index (χ3n) is 2.94. The van der Waals surface area contributed by atoms with E-state index in [2.05, 4.69) is 5.32 Å². The number of piperazine rings is 1. The van der Waals surface area contributed by atoms with Crippen molar-refractivity contribution >= 4 is 5.91 Å². The molecule has 2 atom stereocenters. The summed E-state index contributed by atoms with van der Waals surface area (Å²) in [6, 6.07) is 0.836. The van der Waals surface area contributed by atoms with Gasteiger partial charge in [0.1, 0.15) is 6.61 Å². The first-order chi connectivity index (χ1) is 6.33. The lowest BCUT2D eigenvalue weighted by Gasteiger charge is -2.35. The Balaban J connectivity index is 2.02. The van der Waals surface area contributed by atoms with Gasteiger partial charge < -0.3 is 15.0 Å². The Morgan fingerprint density at radius 2 is 2.08 bits per heavy atom. The summed E-state index contributed by atoms with van der Waals surface area (Å²) in [6.07, 6.45) is 2.29. The van der Waals surface area contributed by atoms with Gasteiger partial charge in [-0.05, 0) is 12.8 Å². The molecule has 0 aliphatic carbocycles. The monoisotopic (exact) mass is 184 g/mol. The maximum atomic E-state index is 11.6. The van der Waals surface area contributed by atoms with Crippen molar-refractivity contribution in [1.29, 1.82) is 0 Å². The summed E-state index contributed by atoms with van der Waals surface area (Å²) >= 11 is 0. The van der Waals surface area contributed by atoms with E-state index in [0.29, 0.717) is 12.1 Å². The van der Waals surface area contributed by atoms with E-state index in [1.165, 1.54) is 0 Å². The number of nitrogens with one attached hydrogen (secondary N) is 1. The topological polar surface area (TPSA) is 41.6 Å². The zero-order valence-corrected chi connectivity index (χ0v) is 7.95. The normalized spacial score (nSPS) is 32.2. The number of ether oxygens (including phenoxy) is 1. The molecule has 0 radical (unpaired) electrons. The Kier molecular flexibility index (Phi) is 2.51. The zero-order valence-electron chi connectivity index (χ0n) is 7.95. The number of rotatable bonds is 2. The highest BCUT2D eigenvalue weighted by Crippen LogP contribution is 2.26. The first-order valence-electron chi connectivity index (χ1n) is 4.83. The summed E-state index contributed by atoms with van der Waals surface area (Å²) in [7, 11) is 1.57. The minimum atomic E-state index is 0.150. The fourth-order valence-electron chi connectivity index (χ4n) is 2.38. The Morgan fingerprint density at radius 3 is 2.62 bits per heavy atom. The van der Waals surface area contributed by atoms with E-state index in [1.54, 1.807) is 7.11 Å². The first-order valence-corrected chi connectivity index (χ1v) is 4.83. The van der Waals surface area contributed by atoms with Gasteiger partial charge in [0.2, 0.25) is 5.91 Å². The SMILES string of the molecule is COCC(=O)N1C2CCC1CNC2. The largest absolute Gasteiger partial charge is 0.375 e. The lowest BCUT2D eigenvalue weighted by molar-refractivity contribution is -0.138. The number of carbonyl (C=O) groups is 1. The van der Waals surface area contributed by atoms with Crippen LogP contribution in [0.25, 0.3) is 0 Å². The number of fused-ring (bicyclic) bond motifs is 2. The van der Waals surface area contributed by atoms with Gasteiger partial charge in [0.15, 0.2) is 0 Å². The van der Waals surface area contributed by atoms with Crippen LogP contribution in [-0.2, 0) is 9.53 Å². The third-order valence-corrected chi connectivity index (χ3v) is 2.94. The predicted octanol–water partition coefficient (Wildman–Crippen LogP) is -0.404. The van der Waals surface area contributed by atoms with Gasteiger partial charge >= 0.3 is 0 Å². The average molecular weight is 184 g/mol. The van der Waals surface area contributed by atoms with E-state index in [0.717, 1.165) is 25.9 Å². The van der Waals surface area contributed by atoms with Gasteiger partial charge in [-0.1, -0.05) is 0 Å². The Hall–Kier alpha value is -0.610. The highest BCUT2D eigenvalue weighted by molar-refractivity contribution is 5.78. The van der Waals surface area contributed by atoms with E-state index >= 15 is 0 Å². The number of nitrogens with zero attached hydrogens (tertiary/aromatic N) is 1. The molecule has 2 fully saturated rings. The Bertz CT molecular complexity index is 192. The first kappa shape index (κ1) is 8.97. The van der Waals surface area contributed by atoms with Crippen molar-refractivity contribution in [1.82, 2.24) is 10.2 Å². The lowest BCUT2D eigenvalue weighted by Crippen LogP contribution is -2.55. The fraction of sp³-hybridized carbons (Fsp3) is 0.889. The van der Waals surface area contributed by atoms with Gasteiger partial charge in [-0.15, -0.1) is 0 Å². The summed E-state index contributed by atoms with van der Waals surface area (Å²) in [5, 5.41) is 3.34. The number of hydrogen-bond donors (Lipinski definition) is 1. The summed E-state index contributed by atoms with van der Waals surface area (Å²) in [4.78, 5) is 13.6. The van der Waals surface area contributed by atoms with Gasteiger partial charge in [0, 0.05) is 32.3 Å². The van der Waals surface area contributed by atoms with Crippen molar-refractivity contribution < 1.29 is 9.53 Å². The molecule has 0 aromatic carbocycles. The molecule has 2 saturated heterocycles. The van der Waals surface area contributed by atoms with Gasteiger partial charge in [-0.3, -0.25) is 4.79 Å². The van der Waals surface area contributed by atoms with Crippen molar-refractivity contribution in [2.45, 2.75) is 24.9 Å². The molecule has 4 heteroatoms. The minimum absolute atomic E-state index is 0.150. The van der Waals surface area contributed by atoms with Gasteiger partial charge in [0.25, 0.3) is 0 Å². The number of hydrogen-bond acceptors (Lipinski definition) is 3. The van der Waals surface area contributed by atoms with Crippen LogP contribution >= 0.6 is 0 Å². The quantitative estimate of drug-likeness (QED) is 0.634. The predicted molar refractivity (Wildman–Crippen MR) is 48.4 cm³/mol. The molecule has 0 aromatic heterocycles. The van der Waals surface area contributed by atoms with E-state index < -0.39 is 0 Å². The van der Waals surface area contributed by atoms with Crippen molar-refractivity contribution in [2.24, 2.45) is 0 Å². The minimum Gasteiger partial charge on any atom is -0.375 e. The van der Waals surface area contributed by atoms with Crippen LogP contribution in [0.1, 0.15) is 12.8 Å². The second-order valence-corrected chi connectivity index (χ2v) is 3.78. The molecule has 2 aliphatic heterocycles. The van der Waals surface area contributed by atoms with Crippen LogP contribution in [0, 0.1) is 0 Å². The van der Waals surface area contributed by atoms with Crippen molar-refractivity contribution in [3.8, 4) is 0 Å². The van der Waals surface area contributed by atoms with Gasteiger partial charge in [-0.25, -0.2) is 0 Å². The molecule has 2 aliphatic rings. The van der Waals surface area contributed by atoms with Crippen LogP contribution in [-0.4, -0.2) is 49.7 Å². The molecule has 2 rings (SSSR count). The van der Waals surface area contributed by atoms with Crippen LogP contribution in [0.3, 0.4) is 0 Å². The molecule has 1 N–H and O–H groups in total. The second kappa shape index (κ2) is 3.64. The van der Waals surface area contributed by atoms with Crippen molar-refractivity contribution in [2.75, 3.05) is 26.8 Å². The van der Waals surface area contributed by atoms with Gasteiger partial charge in [0.05, 0.1) is 0 Å². The van der Waals surface area contributed by atoms with Crippen LogP contribution in [0.2, 0.25) is 0 Å². The summed E-state index contributed by atoms with van der Waals surface area (Å²) in [5.74, 6) is 0.150. The molecule has 0 spiro atoms. The zero-order chi connectivity index (χ0) is 9.26. The molecule has 2 heterocycles. The summed E-state index contributed by atoms with van der Waals surface area (Å²) in [5.41, 5.74) is 0. The maximum absolute atomic E-state index is 11.6. The Morgan fingerprint density at radius 1 is 1.46 bits per heavy atom. The fourth-order valence-corrected chi connectivity index (χ4v) is 2.38. The Labute approximate surface area is 78.2 Å². The molecule has 4 nitrogen and oxygen atoms in total. The highest BCUT2D eigenvalue weighted by Gasteiger charge is 2.38. The second-order valence-electron chi connectivity index (χ2n) is 3.78. The van der Waals surface area contributed by atoms with Crippen LogP contribution < -0.4 is 5.32 Å². The van der Waals surface area contributed by atoms with Crippen LogP contribution in [0.4, 0.5) is 0 Å². The molecule has 74 valence electrons. The van der Waals surface area contributed by atoms with Crippen LogP contribution in [0.5, 0.6) is 0 Å². The maximum Gasteiger partial charge on any atom is 0.249 e. The number of amides is 1. The lowest BCUT2D eigenvalue weighted by atomic mass is 10.2. The molecule has 1 amide bonds. The van der Waals surface area contributed by atoms with Gasteiger partial charge in [-0.2, -0.15) is 0 Å². The van der Waals surface area contributed by atoms with Crippen molar-refractivity contribution in [3.05, 3.63) is 0 Å². The van der Waals surface area contributed by atoms with Crippen molar-refractivity contribution in [3.63, 3.8) is 0 Å². The molecule has 0 saturated carbocycles. The number of methoxy groups -OCH3 is 1. The van der Waals surface area contributed by atoms with Crippen LogP contribution in [0.15, 0.2) is 0 Å². The number of carbonyl (C=O) groups excluding carboxylic acids is 1. The molecular formula is C9H16N2O2. The molecule has 2 bridgehead atoms. The average Bonchev–Trinajstić information content (AvgIpc) is 2.37. The smallest absolute Gasteiger partial charge is 0.249 e. The third kappa shape index (κ3) is 1.56. The highest BCUT2D eigenvalue weighted by atomic mass is 16.5. The molecule has 2 unspecified atom stereocenters. The molecule has 13 heavy (non-hydrogen) atoms. The van der Waals surface area contributed by atoms with E-state index in [4.69, 9.17) is 4.74 Å². The van der Waals surface area contributed by atoms with E-state index in [-0.39, 0.29) is 12.5 Å². The summed E-state index contributed by atoms with van der Waals surface area (Å²) in [6.45, 7) is 2.13. The standard InChI is InChI=1S/C9H16N2O2/c1-13-6-9(12)11-7-2-3-8(11)5-10-4-7/h7-8,10H,2-6H2,1H3.